The van der Waals surface area contributed by atoms with Crippen molar-refractivity contribution in [1.29, 1.82) is 0 Å². The Morgan fingerprint density at radius 3 is 2.66 bits per heavy atom. The Labute approximate surface area is 187 Å². The Hall–Kier alpha value is -3.45. The average Bonchev–Trinajstić information content (AvgIpc) is 3.36. The molecule has 1 fully saturated rings. The minimum atomic E-state index is -0.232. The highest BCUT2D eigenvalue weighted by Crippen LogP contribution is 2.28. The standard InChI is InChI=1S/C25H27FN6/c1-25(27)12-13-31(17-25)21-8-6-19(7-9-21)22-15-28-23-10-11-24(29-32(22)23)30(2)16-18-4-3-5-20(26)14-18/h3-11,14-15H,12-13,16-17,27H2,1-2H3. The minimum absolute atomic E-state index is 0.127. The molecule has 1 aliphatic rings. The highest BCUT2D eigenvalue weighted by atomic mass is 19.1. The molecule has 2 aromatic carbocycles. The van der Waals surface area contributed by atoms with Gasteiger partial charge in [0.1, 0.15) is 11.6 Å². The third kappa shape index (κ3) is 4.03. The summed E-state index contributed by atoms with van der Waals surface area (Å²) in [6.45, 7) is 4.51. The van der Waals surface area contributed by atoms with Gasteiger partial charge in [-0.15, -0.1) is 5.10 Å². The molecule has 7 heteroatoms. The van der Waals surface area contributed by atoms with E-state index in [9.17, 15) is 4.39 Å². The topological polar surface area (TPSA) is 62.7 Å². The summed E-state index contributed by atoms with van der Waals surface area (Å²) in [5.41, 5.74) is 11.0. The van der Waals surface area contributed by atoms with Crippen molar-refractivity contribution in [3.05, 3.63) is 78.2 Å². The minimum Gasteiger partial charge on any atom is -0.370 e. The van der Waals surface area contributed by atoms with Crippen molar-refractivity contribution in [3.8, 4) is 11.3 Å². The third-order valence-electron chi connectivity index (χ3n) is 6.08. The van der Waals surface area contributed by atoms with Crippen molar-refractivity contribution in [3.63, 3.8) is 0 Å². The molecule has 1 atom stereocenters. The maximum absolute atomic E-state index is 13.5. The second-order valence-electron chi connectivity index (χ2n) is 8.96. The molecule has 2 N–H and O–H groups in total. The molecule has 1 saturated heterocycles. The summed E-state index contributed by atoms with van der Waals surface area (Å²) in [5, 5.41) is 4.81. The number of hydrogen-bond acceptors (Lipinski definition) is 5. The van der Waals surface area contributed by atoms with E-state index in [1.807, 2.05) is 40.9 Å². The molecule has 32 heavy (non-hydrogen) atoms. The fraction of sp³-hybridized carbons (Fsp3) is 0.280. The number of rotatable bonds is 5. The van der Waals surface area contributed by atoms with Crippen molar-refractivity contribution in [2.24, 2.45) is 5.73 Å². The van der Waals surface area contributed by atoms with E-state index in [1.54, 1.807) is 12.1 Å². The molecular weight excluding hydrogens is 403 g/mol. The van der Waals surface area contributed by atoms with Crippen LogP contribution in [0.5, 0.6) is 0 Å². The highest BCUT2D eigenvalue weighted by molar-refractivity contribution is 5.66. The Morgan fingerprint density at radius 2 is 1.94 bits per heavy atom. The molecule has 1 unspecified atom stereocenters. The fourth-order valence-electron chi connectivity index (χ4n) is 4.30. The van der Waals surface area contributed by atoms with Crippen LogP contribution in [0.2, 0.25) is 0 Å². The molecule has 0 radical (unpaired) electrons. The second-order valence-corrected chi connectivity index (χ2v) is 8.96. The number of halogens is 1. The molecule has 5 rings (SSSR count). The van der Waals surface area contributed by atoms with E-state index in [0.29, 0.717) is 6.54 Å². The predicted octanol–water partition coefficient (Wildman–Crippen LogP) is 4.10. The van der Waals surface area contributed by atoms with Crippen LogP contribution >= 0.6 is 0 Å². The van der Waals surface area contributed by atoms with E-state index >= 15 is 0 Å². The predicted molar refractivity (Wildman–Crippen MR) is 126 cm³/mol. The van der Waals surface area contributed by atoms with Gasteiger partial charge in [0.05, 0.1) is 11.9 Å². The quantitative estimate of drug-likeness (QED) is 0.517. The number of imidazole rings is 1. The van der Waals surface area contributed by atoms with Crippen molar-refractivity contribution < 1.29 is 4.39 Å². The number of hydrogen-bond donors (Lipinski definition) is 1. The first kappa shape index (κ1) is 20.5. The monoisotopic (exact) mass is 430 g/mol. The Morgan fingerprint density at radius 1 is 1.12 bits per heavy atom. The molecule has 0 bridgehead atoms. The van der Waals surface area contributed by atoms with Gasteiger partial charge in [-0.1, -0.05) is 24.3 Å². The van der Waals surface area contributed by atoms with Crippen LogP contribution in [0.15, 0.2) is 66.9 Å². The van der Waals surface area contributed by atoms with E-state index < -0.39 is 0 Å². The van der Waals surface area contributed by atoms with Crippen molar-refractivity contribution in [2.75, 3.05) is 29.9 Å². The summed E-state index contributed by atoms with van der Waals surface area (Å²) >= 11 is 0. The third-order valence-corrected chi connectivity index (χ3v) is 6.08. The lowest BCUT2D eigenvalue weighted by atomic mass is 10.0. The number of aromatic nitrogens is 3. The van der Waals surface area contributed by atoms with E-state index in [2.05, 4.69) is 41.1 Å². The zero-order chi connectivity index (χ0) is 22.3. The lowest BCUT2D eigenvalue weighted by Gasteiger charge is -2.21. The molecule has 4 aromatic rings. The van der Waals surface area contributed by atoms with Crippen molar-refractivity contribution in [2.45, 2.75) is 25.4 Å². The molecule has 0 saturated carbocycles. The van der Waals surface area contributed by atoms with Crippen molar-refractivity contribution >= 4 is 17.2 Å². The normalized spacial score (nSPS) is 18.4. The molecule has 6 nitrogen and oxygen atoms in total. The number of nitrogens with zero attached hydrogens (tertiary/aromatic N) is 5. The second kappa shape index (κ2) is 7.91. The van der Waals surface area contributed by atoms with E-state index in [4.69, 9.17) is 10.8 Å². The largest absolute Gasteiger partial charge is 0.370 e. The first-order valence-electron chi connectivity index (χ1n) is 10.8. The average molecular weight is 431 g/mol. The van der Waals surface area contributed by atoms with Crippen LogP contribution in [0, 0.1) is 5.82 Å². The van der Waals surface area contributed by atoms with Gasteiger partial charge >= 0.3 is 0 Å². The lowest BCUT2D eigenvalue weighted by molar-refractivity contribution is 0.525. The van der Waals surface area contributed by atoms with Gasteiger partial charge < -0.3 is 15.5 Å². The summed E-state index contributed by atoms with van der Waals surface area (Å²) in [5.74, 6) is 0.557. The van der Waals surface area contributed by atoms with Crippen LogP contribution in [0.3, 0.4) is 0 Å². The van der Waals surface area contributed by atoms with Gasteiger partial charge in [-0.3, -0.25) is 0 Å². The van der Waals surface area contributed by atoms with Crippen LogP contribution in [-0.2, 0) is 6.54 Å². The van der Waals surface area contributed by atoms with Gasteiger partial charge in [0, 0.05) is 43.5 Å². The molecule has 0 amide bonds. The van der Waals surface area contributed by atoms with Crippen LogP contribution in [0.25, 0.3) is 16.9 Å². The lowest BCUT2D eigenvalue weighted by Crippen LogP contribution is -2.39. The molecule has 0 spiro atoms. The summed E-state index contributed by atoms with van der Waals surface area (Å²) in [7, 11) is 1.95. The number of fused-ring (bicyclic) bond motifs is 1. The fourth-order valence-corrected chi connectivity index (χ4v) is 4.30. The molecule has 1 aliphatic heterocycles. The van der Waals surface area contributed by atoms with Gasteiger partial charge in [-0.2, -0.15) is 0 Å². The molecule has 3 heterocycles. The van der Waals surface area contributed by atoms with E-state index in [1.165, 1.54) is 11.8 Å². The maximum atomic E-state index is 13.5. The summed E-state index contributed by atoms with van der Waals surface area (Å²) in [6, 6.07) is 19.0. The van der Waals surface area contributed by atoms with Gasteiger partial charge in [-0.05, 0) is 55.3 Å². The Bertz CT molecular complexity index is 1250. The molecular formula is C25H27FN6. The first-order valence-corrected chi connectivity index (χ1v) is 10.8. The smallest absolute Gasteiger partial charge is 0.154 e. The van der Waals surface area contributed by atoms with Gasteiger partial charge in [0.25, 0.3) is 0 Å². The van der Waals surface area contributed by atoms with E-state index in [0.717, 1.165) is 47.8 Å². The summed E-state index contributed by atoms with van der Waals surface area (Å²) < 4.78 is 15.4. The van der Waals surface area contributed by atoms with Crippen LogP contribution in [-0.4, -0.2) is 40.3 Å². The maximum Gasteiger partial charge on any atom is 0.154 e. The van der Waals surface area contributed by atoms with Crippen LogP contribution in [0.1, 0.15) is 18.9 Å². The summed E-state index contributed by atoms with van der Waals surface area (Å²) in [6.07, 6.45) is 2.85. The van der Waals surface area contributed by atoms with Crippen LogP contribution < -0.4 is 15.5 Å². The van der Waals surface area contributed by atoms with E-state index in [-0.39, 0.29) is 11.4 Å². The van der Waals surface area contributed by atoms with Crippen LogP contribution in [0.4, 0.5) is 15.9 Å². The highest BCUT2D eigenvalue weighted by Gasteiger charge is 2.29. The van der Waals surface area contributed by atoms with Crippen molar-refractivity contribution in [1.82, 2.24) is 14.6 Å². The SMILES string of the molecule is CN(Cc1cccc(F)c1)c1ccc2ncc(-c3ccc(N4CCC(C)(N)C4)cc3)n2n1. The van der Waals surface area contributed by atoms with Gasteiger partial charge in [-0.25, -0.2) is 13.9 Å². The Kier molecular flexibility index (Phi) is 5.06. The summed E-state index contributed by atoms with van der Waals surface area (Å²) in [4.78, 5) is 8.84. The molecule has 164 valence electrons. The zero-order valence-electron chi connectivity index (χ0n) is 18.4. The number of benzene rings is 2. The zero-order valence-corrected chi connectivity index (χ0v) is 18.4. The first-order chi connectivity index (χ1) is 15.4. The molecule has 0 aliphatic carbocycles. The molecule has 2 aromatic heterocycles. The van der Waals surface area contributed by atoms with Gasteiger partial charge in [0.2, 0.25) is 0 Å². The number of nitrogens with two attached hydrogens (primary N) is 1. The number of anilines is 2. The van der Waals surface area contributed by atoms with Gasteiger partial charge in [0.15, 0.2) is 5.65 Å². The Balaban J connectivity index is 1.40.